The van der Waals surface area contributed by atoms with Crippen LogP contribution in [0.4, 0.5) is 0 Å². The molecule has 3 aromatic rings. The predicted octanol–water partition coefficient (Wildman–Crippen LogP) is 3.64. The van der Waals surface area contributed by atoms with Crippen molar-refractivity contribution in [2.75, 3.05) is 0 Å². The second-order valence-corrected chi connectivity index (χ2v) is 5.00. The number of nitrogens with one attached hydrogen (secondary N) is 1. The summed E-state index contributed by atoms with van der Waals surface area (Å²) in [5, 5.41) is 9.38. The van der Waals surface area contributed by atoms with Gasteiger partial charge in [-0.3, -0.25) is 4.98 Å². The summed E-state index contributed by atoms with van der Waals surface area (Å²) in [6, 6.07) is 10.0. The van der Waals surface area contributed by atoms with Crippen molar-refractivity contribution in [3.8, 4) is 6.07 Å². The van der Waals surface area contributed by atoms with Crippen molar-refractivity contribution in [2.45, 2.75) is 13.8 Å². The zero-order valence-corrected chi connectivity index (χ0v) is 11.9. The molecule has 0 bridgehead atoms. The molecule has 0 spiro atoms. The minimum atomic E-state index is 0.495. The molecule has 0 radical (unpaired) electrons. The average molecular weight is 274 g/mol. The van der Waals surface area contributed by atoms with Gasteiger partial charge in [0, 0.05) is 12.4 Å². The van der Waals surface area contributed by atoms with Crippen molar-refractivity contribution < 1.29 is 0 Å². The summed E-state index contributed by atoms with van der Waals surface area (Å²) in [7, 11) is 0. The van der Waals surface area contributed by atoms with Crippen LogP contribution in [0.3, 0.4) is 0 Å². The number of aryl methyl sites for hydroxylation is 2. The normalized spacial score (nSPS) is 11.6. The van der Waals surface area contributed by atoms with Gasteiger partial charge in [-0.05, 0) is 54.8 Å². The average Bonchev–Trinajstić information content (AvgIpc) is 2.89. The summed E-state index contributed by atoms with van der Waals surface area (Å²) in [6.45, 7) is 4.12. The van der Waals surface area contributed by atoms with E-state index < -0.39 is 0 Å². The Morgan fingerprint density at radius 3 is 2.81 bits per heavy atom. The molecule has 0 saturated carbocycles. The summed E-state index contributed by atoms with van der Waals surface area (Å²) in [4.78, 5) is 11.8. The van der Waals surface area contributed by atoms with Crippen LogP contribution in [0.5, 0.6) is 0 Å². The lowest BCUT2D eigenvalue weighted by atomic mass is 10.1. The Morgan fingerprint density at radius 2 is 2.10 bits per heavy atom. The smallest absolute Gasteiger partial charge is 0.149 e. The van der Waals surface area contributed by atoms with Crippen molar-refractivity contribution >= 4 is 22.7 Å². The van der Waals surface area contributed by atoms with Crippen LogP contribution < -0.4 is 0 Å². The van der Waals surface area contributed by atoms with Crippen LogP contribution in [-0.2, 0) is 0 Å². The Kier molecular flexibility index (Phi) is 3.25. The van der Waals surface area contributed by atoms with Crippen molar-refractivity contribution in [1.29, 1.82) is 5.26 Å². The first-order valence-corrected chi connectivity index (χ1v) is 6.66. The van der Waals surface area contributed by atoms with Gasteiger partial charge in [0.05, 0.1) is 16.6 Å². The molecule has 0 amide bonds. The second kappa shape index (κ2) is 5.22. The van der Waals surface area contributed by atoms with Crippen LogP contribution in [0.1, 0.15) is 22.5 Å². The summed E-state index contributed by atoms with van der Waals surface area (Å²) in [5.74, 6) is 0.585. The molecule has 21 heavy (non-hydrogen) atoms. The van der Waals surface area contributed by atoms with Crippen molar-refractivity contribution in [1.82, 2.24) is 15.0 Å². The molecule has 0 atom stereocenters. The number of hydrogen-bond acceptors (Lipinski definition) is 3. The molecule has 0 saturated heterocycles. The van der Waals surface area contributed by atoms with Crippen LogP contribution in [0.25, 0.3) is 22.7 Å². The molecule has 0 aliphatic carbocycles. The van der Waals surface area contributed by atoms with Crippen LogP contribution in [0.15, 0.2) is 36.7 Å². The number of imidazole rings is 1. The Bertz CT molecular complexity index is 828. The number of aromatic amines is 1. The summed E-state index contributed by atoms with van der Waals surface area (Å²) < 4.78 is 0. The number of fused-ring (bicyclic) bond motifs is 1. The molecule has 0 fully saturated rings. The van der Waals surface area contributed by atoms with E-state index in [-0.39, 0.29) is 0 Å². The molecular weight excluding hydrogens is 260 g/mol. The van der Waals surface area contributed by atoms with Crippen molar-refractivity contribution in [3.05, 3.63) is 59.2 Å². The number of aromatic nitrogens is 3. The van der Waals surface area contributed by atoms with E-state index in [1.54, 1.807) is 18.5 Å². The molecule has 4 nitrogen and oxygen atoms in total. The molecule has 2 heterocycles. The SMILES string of the molecule is Cc1cc2nc(/C(C#N)=C/c3cccnc3)[nH]c2cc1C. The maximum Gasteiger partial charge on any atom is 0.149 e. The fourth-order valence-electron chi connectivity index (χ4n) is 2.18. The van der Waals surface area contributed by atoms with Gasteiger partial charge < -0.3 is 4.98 Å². The maximum atomic E-state index is 9.38. The molecule has 4 heteroatoms. The first-order valence-electron chi connectivity index (χ1n) is 6.66. The number of nitrogens with zero attached hydrogens (tertiary/aromatic N) is 3. The van der Waals surface area contributed by atoms with Gasteiger partial charge in [-0.15, -0.1) is 0 Å². The van der Waals surface area contributed by atoms with Gasteiger partial charge >= 0.3 is 0 Å². The lowest BCUT2D eigenvalue weighted by Crippen LogP contribution is -1.85. The van der Waals surface area contributed by atoms with E-state index in [9.17, 15) is 5.26 Å². The van der Waals surface area contributed by atoms with E-state index in [1.807, 2.05) is 18.2 Å². The zero-order valence-electron chi connectivity index (χ0n) is 11.9. The van der Waals surface area contributed by atoms with Crippen molar-refractivity contribution in [2.24, 2.45) is 0 Å². The van der Waals surface area contributed by atoms with E-state index in [4.69, 9.17) is 0 Å². The Hall–Kier alpha value is -2.93. The van der Waals surface area contributed by atoms with E-state index in [0.717, 1.165) is 16.6 Å². The zero-order chi connectivity index (χ0) is 14.8. The first kappa shape index (κ1) is 13.1. The van der Waals surface area contributed by atoms with Gasteiger partial charge in [0.15, 0.2) is 0 Å². The van der Waals surface area contributed by atoms with E-state index in [0.29, 0.717) is 11.4 Å². The minimum Gasteiger partial charge on any atom is -0.337 e. The predicted molar refractivity (Wildman–Crippen MR) is 83.3 cm³/mol. The molecule has 3 rings (SSSR count). The third kappa shape index (κ3) is 2.54. The van der Waals surface area contributed by atoms with Crippen LogP contribution in [0, 0.1) is 25.2 Å². The van der Waals surface area contributed by atoms with Crippen molar-refractivity contribution in [3.63, 3.8) is 0 Å². The fraction of sp³-hybridized carbons (Fsp3) is 0.118. The highest BCUT2D eigenvalue weighted by Gasteiger charge is 2.09. The summed E-state index contributed by atoms with van der Waals surface area (Å²) in [6.07, 6.45) is 5.20. The quantitative estimate of drug-likeness (QED) is 0.725. The molecule has 1 aromatic carbocycles. The number of benzene rings is 1. The van der Waals surface area contributed by atoms with Gasteiger partial charge in [0.25, 0.3) is 0 Å². The maximum absolute atomic E-state index is 9.38. The molecule has 102 valence electrons. The highest BCUT2D eigenvalue weighted by Crippen LogP contribution is 2.21. The standard InChI is InChI=1S/C17H14N4/c1-11-6-15-16(7-12(11)2)21-17(20-15)14(9-18)8-13-4-3-5-19-10-13/h3-8,10H,1-2H3,(H,20,21)/b14-8+. The number of pyridine rings is 1. The van der Waals surface area contributed by atoms with Gasteiger partial charge in [-0.25, -0.2) is 4.98 Å². The third-order valence-electron chi connectivity index (χ3n) is 3.47. The Labute approximate surface area is 122 Å². The highest BCUT2D eigenvalue weighted by molar-refractivity contribution is 5.90. The molecule has 1 N–H and O–H groups in total. The molecule has 2 aromatic heterocycles. The lowest BCUT2D eigenvalue weighted by molar-refractivity contribution is 1.27. The summed E-state index contributed by atoms with van der Waals surface area (Å²) in [5.41, 5.74) is 5.58. The van der Waals surface area contributed by atoms with E-state index >= 15 is 0 Å². The summed E-state index contributed by atoms with van der Waals surface area (Å²) >= 11 is 0. The van der Waals surface area contributed by atoms with Gasteiger partial charge in [-0.1, -0.05) is 6.07 Å². The number of nitriles is 1. The Balaban J connectivity index is 2.10. The third-order valence-corrected chi connectivity index (χ3v) is 3.47. The number of hydrogen-bond donors (Lipinski definition) is 1. The lowest BCUT2D eigenvalue weighted by Gasteiger charge is -1.97. The van der Waals surface area contributed by atoms with Crippen LogP contribution in [-0.4, -0.2) is 15.0 Å². The van der Waals surface area contributed by atoms with E-state index in [1.165, 1.54) is 11.1 Å². The molecule has 0 aliphatic rings. The molecule has 0 unspecified atom stereocenters. The van der Waals surface area contributed by atoms with Gasteiger partial charge in [0.1, 0.15) is 11.9 Å². The topological polar surface area (TPSA) is 65.4 Å². The Morgan fingerprint density at radius 1 is 1.29 bits per heavy atom. The van der Waals surface area contributed by atoms with Crippen LogP contribution >= 0.6 is 0 Å². The number of rotatable bonds is 2. The largest absolute Gasteiger partial charge is 0.337 e. The fourth-order valence-corrected chi connectivity index (χ4v) is 2.18. The molecule has 0 aliphatic heterocycles. The second-order valence-electron chi connectivity index (χ2n) is 5.00. The monoisotopic (exact) mass is 274 g/mol. The number of H-pyrrole nitrogens is 1. The number of allylic oxidation sites excluding steroid dienone is 1. The first-order chi connectivity index (χ1) is 10.2. The van der Waals surface area contributed by atoms with Gasteiger partial charge in [-0.2, -0.15) is 5.26 Å². The van der Waals surface area contributed by atoms with Crippen LogP contribution in [0.2, 0.25) is 0 Å². The van der Waals surface area contributed by atoms with Gasteiger partial charge in [0.2, 0.25) is 0 Å². The van der Waals surface area contributed by atoms with E-state index in [2.05, 4.69) is 40.9 Å². The molecular formula is C17H14N4. The highest BCUT2D eigenvalue weighted by atomic mass is 14.9. The minimum absolute atomic E-state index is 0.495.